The SMILES string of the molecule is O=C1NC(=NC2CCCCC2)S/C1=C\c1ccc(Br)s1. The fourth-order valence-corrected chi connectivity index (χ4v) is 4.72. The predicted molar refractivity (Wildman–Crippen MR) is 90.0 cm³/mol. The minimum atomic E-state index is -0.0333. The largest absolute Gasteiger partial charge is 0.301 e. The van der Waals surface area contributed by atoms with Crippen LogP contribution >= 0.6 is 39.0 Å². The summed E-state index contributed by atoms with van der Waals surface area (Å²) in [6.45, 7) is 0. The van der Waals surface area contributed by atoms with Gasteiger partial charge in [-0.1, -0.05) is 19.3 Å². The number of aliphatic imine (C=N–C) groups is 1. The predicted octanol–water partition coefficient (Wildman–Crippen LogP) is 4.40. The van der Waals surface area contributed by atoms with Crippen molar-refractivity contribution in [1.82, 2.24) is 5.32 Å². The van der Waals surface area contributed by atoms with Crippen molar-refractivity contribution in [2.45, 2.75) is 38.1 Å². The molecule has 0 spiro atoms. The number of halogens is 1. The zero-order chi connectivity index (χ0) is 13.9. The number of rotatable bonds is 2. The summed E-state index contributed by atoms with van der Waals surface area (Å²) in [5.74, 6) is -0.0333. The van der Waals surface area contributed by atoms with E-state index >= 15 is 0 Å². The highest BCUT2D eigenvalue weighted by Gasteiger charge is 2.25. The molecule has 2 fully saturated rings. The molecule has 1 amide bonds. The topological polar surface area (TPSA) is 41.5 Å². The maximum absolute atomic E-state index is 11.9. The summed E-state index contributed by atoms with van der Waals surface area (Å²) in [7, 11) is 0. The molecule has 1 saturated carbocycles. The van der Waals surface area contributed by atoms with E-state index in [9.17, 15) is 4.79 Å². The number of nitrogens with one attached hydrogen (secondary N) is 1. The van der Waals surface area contributed by atoms with Gasteiger partial charge in [0.05, 0.1) is 14.7 Å². The number of thiophene rings is 1. The molecule has 1 saturated heterocycles. The number of amides is 1. The Labute approximate surface area is 135 Å². The van der Waals surface area contributed by atoms with Crippen LogP contribution in [-0.2, 0) is 4.79 Å². The molecule has 0 unspecified atom stereocenters. The molecule has 1 N–H and O–H groups in total. The lowest BCUT2D eigenvalue weighted by atomic mass is 9.96. The van der Waals surface area contributed by atoms with Crippen LogP contribution in [0.5, 0.6) is 0 Å². The Morgan fingerprint density at radius 1 is 1.30 bits per heavy atom. The summed E-state index contributed by atoms with van der Waals surface area (Å²) >= 11 is 6.51. The van der Waals surface area contributed by atoms with Crippen LogP contribution in [0.4, 0.5) is 0 Å². The van der Waals surface area contributed by atoms with Crippen LogP contribution in [0.15, 0.2) is 25.8 Å². The summed E-state index contributed by atoms with van der Waals surface area (Å²) in [5, 5.41) is 3.64. The molecule has 106 valence electrons. The minimum absolute atomic E-state index is 0.0333. The van der Waals surface area contributed by atoms with Crippen molar-refractivity contribution in [2.24, 2.45) is 4.99 Å². The van der Waals surface area contributed by atoms with Gasteiger partial charge in [-0.25, -0.2) is 0 Å². The third-order valence-corrected chi connectivity index (χ3v) is 5.89. The van der Waals surface area contributed by atoms with Gasteiger partial charge >= 0.3 is 0 Å². The Kier molecular flexibility index (Phi) is 4.63. The number of nitrogens with zero attached hydrogens (tertiary/aromatic N) is 1. The molecule has 0 bridgehead atoms. The van der Waals surface area contributed by atoms with Crippen molar-refractivity contribution in [1.29, 1.82) is 0 Å². The first kappa shape index (κ1) is 14.4. The molecule has 2 heterocycles. The number of amidine groups is 1. The van der Waals surface area contributed by atoms with Crippen molar-refractivity contribution in [2.75, 3.05) is 0 Å². The smallest absolute Gasteiger partial charge is 0.264 e. The molecule has 0 atom stereocenters. The van der Waals surface area contributed by atoms with Crippen LogP contribution in [0, 0.1) is 0 Å². The van der Waals surface area contributed by atoms with Crippen molar-refractivity contribution in [3.05, 3.63) is 25.7 Å². The van der Waals surface area contributed by atoms with Crippen molar-refractivity contribution in [3.8, 4) is 0 Å². The third kappa shape index (κ3) is 3.54. The van der Waals surface area contributed by atoms with Gasteiger partial charge in [0.2, 0.25) is 0 Å². The number of thioether (sulfide) groups is 1. The lowest BCUT2D eigenvalue weighted by molar-refractivity contribution is -0.115. The quantitative estimate of drug-likeness (QED) is 0.783. The number of carbonyl (C=O) groups is 1. The van der Waals surface area contributed by atoms with Crippen molar-refractivity contribution >= 4 is 56.2 Å². The van der Waals surface area contributed by atoms with Gasteiger partial charge in [-0.2, -0.15) is 0 Å². The van der Waals surface area contributed by atoms with E-state index in [0.29, 0.717) is 6.04 Å². The summed E-state index contributed by atoms with van der Waals surface area (Å²) in [5.41, 5.74) is 0. The maximum atomic E-state index is 11.9. The van der Waals surface area contributed by atoms with Crippen LogP contribution in [0.2, 0.25) is 0 Å². The minimum Gasteiger partial charge on any atom is -0.301 e. The summed E-state index contributed by atoms with van der Waals surface area (Å²) in [6, 6.07) is 4.39. The Bertz CT molecular complexity index is 573. The molecule has 0 radical (unpaired) electrons. The molecule has 6 heteroatoms. The van der Waals surface area contributed by atoms with Crippen molar-refractivity contribution in [3.63, 3.8) is 0 Å². The Hall–Kier alpha value is -0.590. The van der Waals surface area contributed by atoms with Gasteiger partial charge in [0.1, 0.15) is 0 Å². The highest BCUT2D eigenvalue weighted by atomic mass is 79.9. The number of hydrogen-bond acceptors (Lipinski definition) is 4. The van der Waals surface area contributed by atoms with E-state index < -0.39 is 0 Å². The van der Waals surface area contributed by atoms with Gasteiger partial charge < -0.3 is 5.32 Å². The standard InChI is InChI=1S/C14H15BrN2OS2/c15-12-7-6-10(19-12)8-11-13(18)17-14(20-11)16-9-4-2-1-3-5-9/h6-9H,1-5H2,(H,16,17,18)/b11-8-. The Morgan fingerprint density at radius 2 is 2.10 bits per heavy atom. The van der Waals surface area contributed by atoms with E-state index in [0.717, 1.165) is 31.6 Å². The molecule has 1 aliphatic heterocycles. The van der Waals surface area contributed by atoms with Crippen LogP contribution in [-0.4, -0.2) is 17.1 Å². The maximum Gasteiger partial charge on any atom is 0.264 e. The zero-order valence-corrected chi connectivity index (χ0v) is 14.1. The molecular formula is C14H15BrN2OS2. The Morgan fingerprint density at radius 3 is 2.80 bits per heavy atom. The third-order valence-electron chi connectivity index (χ3n) is 3.39. The van der Waals surface area contributed by atoms with E-state index in [1.54, 1.807) is 11.3 Å². The first-order valence-corrected chi connectivity index (χ1v) is 9.17. The van der Waals surface area contributed by atoms with E-state index in [1.807, 2.05) is 18.2 Å². The van der Waals surface area contributed by atoms with Crippen molar-refractivity contribution < 1.29 is 4.79 Å². The second kappa shape index (κ2) is 6.45. The lowest BCUT2D eigenvalue weighted by Gasteiger charge is -2.17. The highest BCUT2D eigenvalue weighted by molar-refractivity contribution is 9.11. The van der Waals surface area contributed by atoms with E-state index in [-0.39, 0.29) is 5.91 Å². The zero-order valence-electron chi connectivity index (χ0n) is 10.9. The summed E-state index contributed by atoms with van der Waals surface area (Å²) < 4.78 is 1.07. The van der Waals surface area contributed by atoms with Gasteiger partial charge in [-0.15, -0.1) is 11.3 Å². The second-order valence-corrected chi connectivity index (χ2v) is 8.46. The molecule has 3 nitrogen and oxygen atoms in total. The van der Waals surface area contributed by atoms with Gasteiger partial charge in [0.25, 0.3) is 5.91 Å². The monoisotopic (exact) mass is 370 g/mol. The Balaban J connectivity index is 1.71. The fourth-order valence-electron chi connectivity index (χ4n) is 2.40. The van der Waals surface area contributed by atoms with Gasteiger partial charge in [0.15, 0.2) is 5.17 Å². The van der Waals surface area contributed by atoms with E-state index in [2.05, 4.69) is 26.2 Å². The van der Waals surface area contributed by atoms with Crippen LogP contribution < -0.4 is 5.32 Å². The van der Waals surface area contributed by atoms with Gasteiger partial charge in [0, 0.05) is 4.88 Å². The van der Waals surface area contributed by atoms with Crippen LogP contribution in [0.3, 0.4) is 0 Å². The molecule has 1 aliphatic carbocycles. The van der Waals surface area contributed by atoms with Crippen LogP contribution in [0.1, 0.15) is 37.0 Å². The van der Waals surface area contributed by atoms with E-state index in [4.69, 9.17) is 0 Å². The van der Waals surface area contributed by atoms with Crippen LogP contribution in [0.25, 0.3) is 6.08 Å². The first-order valence-electron chi connectivity index (χ1n) is 6.75. The average Bonchev–Trinajstić information content (AvgIpc) is 2.98. The first-order chi connectivity index (χ1) is 9.70. The molecule has 0 aromatic carbocycles. The van der Waals surface area contributed by atoms with E-state index in [1.165, 1.54) is 31.0 Å². The molecule has 3 rings (SSSR count). The average molecular weight is 371 g/mol. The molecule has 1 aromatic heterocycles. The summed E-state index contributed by atoms with van der Waals surface area (Å²) in [4.78, 5) is 18.4. The second-order valence-electron chi connectivity index (χ2n) is 4.93. The molecule has 20 heavy (non-hydrogen) atoms. The summed E-state index contributed by atoms with van der Waals surface area (Å²) in [6.07, 6.45) is 8.06. The fraction of sp³-hybridized carbons (Fsp3) is 0.429. The highest BCUT2D eigenvalue weighted by Crippen LogP contribution is 2.31. The molecule has 2 aliphatic rings. The number of carbonyl (C=O) groups excluding carboxylic acids is 1. The van der Waals surface area contributed by atoms with Gasteiger partial charge in [-0.05, 0) is 58.7 Å². The molecular weight excluding hydrogens is 356 g/mol. The number of hydrogen-bond donors (Lipinski definition) is 1. The lowest BCUT2D eigenvalue weighted by Crippen LogP contribution is -2.22. The van der Waals surface area contributed by atoms with Gasteiger partial charge in [-0.3, -0.25) is 9.79 Å². The molecule has 1 aromatic rings. The normalized spacial score (nSPS) is 24.6.